The normalized spacial score (nSPS) is 22.0. The highest BCUT2D eigenvalue weighted by atomic mass is 16.6. The number of fused-ring (bicyclic) bond motifs is 2. The van der Waals surface area contributed by atoms with Crippen molar-refractivity contribution in [1.82, 2.24) is 19.4 Å². The second-order valence-electron chi connectivity index (χ2n) is 7.11. The van der Waals surface area contributed by atoms with Crippen molar-refractivity contribution in [3.63, 3.8) is 0 Å². The van der Waals surface area contributed by atoms with Crippen molar-refractivity contribution in [2.24, 2.45) is 0 Å². The molecule has 4 rings (SSSR count). The minimum absolute atomic E-state index is 0.0260. The number of carbonyl (C=O) groups is 2. The number of carbonyl (C=O) groups excluding carboxylic acids is 2. The molecule has 2 aliphatic rings. The van der Waals surface area contributed by atoms with E-state index in [1.54, 1.807) is 28.0 Å². The maximum absolute atomic E-state index is 12.7. The second-order valence-corrected chi connectivity index (χ2v) is 7.11. The summed E-state index contributed by atoms with van der Waals surface area (Å²) < 4.78 is 6.68. The molecule has 0 spiro atoms. The number of hydrogen-bond acceptors (Lipinski definition) is 5. The monoisotopic (exact) mass is 370 g/mol. The van der Waals surface area contributed by atoms with Crippen molar-refractivity contribution >= 4 is 22.9 Å². The summed E-state index contributed by atoms with van der Waals surface area (Å²) in [5.41, 5.74) is 0.0850. The third kappa shape index (κ3) is 2.94. The molecular weight excluding hydrogens is 348 g/mol. The maximum atomic E-state index is 12.7. The van der Waals surface area contributed by atoms with Crippen LogP contribution in [-0.2, 0) is 16.1 Å². The molecule has 2 fully saturated rings. The number of hydrogen-bond donors (Lipinski definition) is 0. The summed E-state index contributed by atoms with van der Waals surface area (Å²) in [6.07, 6.45) is 2.15. The van der Waals surface area contributed by atoms with Gasteiger partial charge in [-0.15, -0.1) is 0 Å². The third-order valence-corrected chi connectivity index (χ3v) is 5.64. The molecule has 0 radical (unpaired) electrons. The number of amides is 2. The van der Waals surface area contributed by atoms with Gasteiger partial charge in [0.25, 0.3) is 5.56 Å². The van der Waals surface area contributed by atoms with Gasteiger partial charge in [-0.25, -0.2) is 9.78 Å². The van der Waals surface area contributed by atoms with Crippen molar-refractivity contribution in [3.05, 3.63) is 40.9 Å². The summed E-state index contributed by atoms with van der Waals surface area (Å²) >= 11 is 0. The summed E-state index contributed by atoms with van der Waals surface area (Å²) in [5.74, 6) is -0.0260. The van der Waals surface area contributed by atoms with Crippen LogP contribution in [0, 0.1) is 0 Å². The standard InChI is InChI=1S/C19H22N4O4/c1-2-19-11-21(9-10-23(19)18(26)27-12-19)16(24)7-8-22-13-20-15-6-4-3-5-14(15)17(22)25/h3-6,13H,2,7-12H2,1H3. The van der Waals surface area contributed by atoms with Gasteiger partial charge < -0.3 is 9.64 Å². The minimum atomic E-state index is -0.424. The van der Waals surface area contributed by atoms with E-state index >= 15 is 0 Å². The van der Waals surface area contributed by atoms with E-state index in [1.807, 2.05) is 13.0 Å². The first kappa shape index (κ1) is 17.5. The second kappa shape index (κ2) is 6.68. The summed E-state index contributed by atoms with van der Waals surface area (Å²) in [4.78, 5) is 44.9. The number of aromatic nitrogens is 2. The van der Waals surface area contributed by atoms with E-state index in [9.17, 15) is 14.4 Å². The van der Waals surface area contributed by atoms with Gasteiger partial charge in [-0.3, -0.25) is 19.1 Å². The molecule has 2 aromatic rings. The minimum Gasteiger partial charge on any atom is -0.447 e. The average Bonchev–Trinajstić information content (AvgIpc) is 3.04. The number of aryl methyl sites for hydroxylation is 1. The van der Waals surface area contributed by atoms with E-state index in [2.05, 4.69) is 4.98 Å². The lowest BCUT2D eigenvalue weighted by Crippen LogP contribution is -2.62. The van der Waals surface area contributed by atoms with E-state index < -0.39 is 5.54 Å². The van der Waals surface area contributed by atoms with Crippen LogP contribution in [-0.4, -0.2) is 63.1 Å². The number of piperazine rings is 1. The van der Waals surface area contributed by atoms with Gasteiger partial charge >= 0.3 is 6.09 Å². The third-order valence-electron chi connectivity index (χ3n) is 5.64. The van der Waals surface area contributed by atoms with Crippen LogP contribution in [0.5, 0.6) is 0 Å². The van der Waals surface area contributed by atoms with Crippen molar-refractivity contribution in [3.8, 4) is 0 Å². The summed E-state index contributed by atoms with van der Waals surface area (Å²) in [7, 11) is 0. The molecule has 0 saturated carbocycles. The molecule has 0 aliphatic carbocycles. The van der Waals surface area contributed by atoms with E-state index in [4.69, 9.17) is 4.74 Å². The highest BCUT2D eigenvalue weighted by molar-refractivity contribution is 5.78. The van der Waals surface area contributed by atoms with Crippen LogP contribution in [0.15, 0.2) is 35.4 Å². The summed E-state index contributed by atoms with van der Waals surface area (Å²) in [5, 5.41) is 0.549. The van der Waals surface area contributed by atoms with Gasteiger partial charge in [-0.05, 0) is 18.6 Å². The molecule has 3 heterocycles. The van der Waals surface area contributed by atoms with Crippen molar-refractivity contribution in [1.29, 1.82) is 0 Å². The molecule has 1 unspecified atom stereocenters. The fourth-order valence-corrected chi connectivity index (χ4v) is 3.92. The number of nitrogens with zero attached hydrogens (tertiary/aromatic N) is 4. The zero-order valence-corrected chi connectivity index (χ0v) is 15.3. The van der Waals surface area contributed by atoms with Crippen molar-refractivity contribution < 1.29 is 14.3 Å². The lowest BCUT2D eigenvalue weighted by Gasteiger charge is -2.44. The van der Waals surface area contributed by atoms with Gasteiger partial charge in [-0.1, -0.05) is 19.1 Å². The smallest absolute Gasteiger partial charge is 0.410 e. The SMILES string of the molecule is CCC12COC(=O)N1CCN(C(=O)CCn1cnc3ccccc3c1=O)C2. The first-order chi connectivity index (χ1) is 13.0. The Morgan fingerprint density at radius 2 is 2.07 bits per heavy atom. The van der Waals surface area contributed by atoms with Crippen LogP contribution in [0.4, 0.5) is 4.79 Å². The first-order valence-corrected chi connectivity index (χ1v) is 9.20. The van der Waals surface area contributed by atoms with Gasteiger partial charge in [0.2, 0.25) is 5.91 Å². The molecule has 0 bridgehead atoms. The number of benzene rings is 1. The van der Waals surface area contributed by atoms with Gasteiger partial charge in [0.1, 0.15) is 6.61 Å². The Balaban J connectivity index is 1.45. The van der Waals surface area contributed by atoms with Gasteiger partial charge in [-0.2, -0.15) is 0 Å². The van der Waals surface area contributed by atoms with E-state index in [0.29, 0.717) is 37.1 Å². The molecule has 142 valence electrons. The van der Waals surface area contributed by atoms with Crippen molar-refractivity contribution in [2.45, 2.75) is 31.8 Å². The quantitative estimate of drug-likeness (QED) is 0.808. The lowest BCUT2D eigenvalue weighted by atomic mass is 9.93. The Kier molecular flexibility index (Phi) is 4.33. The molecule has 1 aromatic carbocycles. The van der Waals surface area contributed by atoms with Crippen molar-refractivity contribution in [2.75, 3.05) is 26.2 Å². The topological polar surface area (TPSA) is 84.7 Å². The van der Waals surface area contributed by atoms with Crippen LogP contribution in [0.1, 0.15) is 19.8 Å². The fourth-order valence-electron chi connectivity index (χ4n) is 3.92. The molecule has 8 heteroatoms. The van der Waals surface area contributed by atoms with E-state index in [0.717, 1.165) is 6.42 Å². The molecule has 2 amide bonds. The Bertz CT molecular complexity index is 956. The molecule has 27 heavy (non-hydrogen) atoms. The predicted octanol–water partition coefficient (Wildman–Crippen LogP) is 1.23. The van der Waals surface area contributed by atoms with Crippen LogP contribution >= 0.6 is 0 Å². The highest BCUT2D eigenvalue weighted by Crippen LogP contribution is 2.31. The summed E-state index contributed by atoms with van der Waals surface area (Å²) in [6.45, 7) is 4.04. The molecule has 8 nitrogen and oxygen atoms in total. The number of ether oxygens (including phenoxy) is 1. The molecule has 2 saturated heterocycles. The maximum Gasteiger partial charge on any atom is 0.410 e. The zero-order valence-electron chi connectivity index (χ0n) is 15.3. The molecule has 2 aliphatic heterocycles. The Labute approximate surface area is 156 Å². The van der Waals surface area contributed by atoms with E-state index in [1.165, 1.54) is 10.9 Å². The molecule has 0 N–H and O–H groups in total. The molecule has 1 aromatic heterocycles. The molecular formula is C19H22N4O4. The van der Waals surface area contributed by atoms with Crippen LogP contribution in [0.2, 0.25) is 0 Å². The van der Waals surface area contributed by atoms with Crippen LogP contribution in [0.3, 0.4) is 0 Å². The number of para-hydroxylation sites is 1. The van der Waals surface area contributed by atoms with Gasteiger partial charge in [0.05, 0.1) is 22.8 Å². The van der Waals surface area contributed by atoms with Gasteiger partial charge in [0.15, 0.2) is 0 Å². The first-order valence-electron chi connectivity index (χ1n) is 9.20. The largest absolute Gasteiger partial charge is 0.447 e. The lowest BCUT2D eigenvalue weighted by molar-refractivity contribution is -0.135. The Morgan fingerprint density at radius 1 is 1.26 bits per heavy atom. The van der Waals surface area contributed by atoms with Crippen LogP contribution in [0.25, 0.3) is 10.9 Å². The number of rotatable bonds is 4. The Hall–Kier alpha value is -2.90. The number of cyclic esters (lactones) is 1. The Morgan fingerprint density at radius 3 is 2.89 bits per heavy atom. The van der Waals surface area contributed by atoms with Gasteiger partial charge in [0, 0.05) is 32.6 Å². The zero-order chi connectivity index (χ0) is 19.0. The summed E-state index contributed by atoms with van der Waals surface area (Å²) in [6, 6.07) is 7.17. The fraction of sp³-hybridized carbons (Fsp3) is 0.474. The van der Waals surface area contributed by atoms with Crippen LogP contribution < -0.4 is 5.56 Å². The predicted molar refractivity (Wildman–Crippen MR) is 98.3 cm³/mol. The average molecular weight is 370 g/mol. The molecule has 1 atom stereocenters. The highest BCUT2D eigenvalue weighted by Gasteiger charge is 2.50. The van der Waals surface area contributed by atoms with E-state index in [-0.39, 0.29) is 30.5 Å².